The molecule has 0 aliphatic rings. The molecule has 0 amide bonds. The van der Waals surface area contributed by atoms with Gasteiger partial charge in [-0.2, -0.15) is 8.42 Å². The molecule has 0 aromatic carbocycles. The molecule has 0 aromatic heterocycles. The van der Waals surface area contributed by atoms with Crippen LogP contribution < -0.4 is 51.4 Å². The van der Waals surface area contributed by atoms with Crippen molar-refractivity contribution in [2.45, 2.75) is 77.2 Å². The van der Waals surface area contributed by atoms with Crippen LogP contribution in [0.3, 0.4) is 0 Å². The third-order valence-corrected chi connectivity index (χ3v) is 4.69. The van der Waals surface area contributed by atoms with Crippen LogP contribution in [0.25, 0.3) is 0 Å². The predicted molar refractivity (Wildman–Crippen MR) is 84.7 cm³/mol. The minimum atomic E-state index is -3.71. The summed E-state index contributed by atoms with van der Waals surface area (Å²) in [6.45, 7) is 1.81. The molecule has 7 heteroatoms. The molecular weight excluding hydrogens is 331 g/mol. The molecular formula is C15H32KO5S+. The molecule has 0 aliphatic heterocycles. The average Bonchev–Trinajstić information content (AvgIpc) is 2.44. The molecule has 0 aliphatic carbocycles. The number of rotatable bonds is 15. The largest absolute Gasteiger partial charge is 1.00 e. The minimum absolute atomic E-state index is 0. The van der Waals surface area contributed by atoms with Crippen LogP contribution in [-0.4, -0.2) is 43.7 Å². The molecule has 0 rings (SSSR count). The van der Waals surface area contributed by atoms with Gasteiger partial charge in [0.2, 0.25) is 0 Å². The van der Waals surface area contributed by atoms with Gasteiger partial charge in [0.25, 0.3) is 10.1 Å². The van der Waals surface area contributed by atoms with Crippen molar-refractivity contribution in [2.24, 2.45) is 0 Å². The second-order valence-corrected chi connectivity index (χ2v) is 7.25. The average molecular weight is 364 g/mol. The van der Waals surface area contributed by atoms with Gasteiger partial charge >= 0.3 is 51.4 Å². The smallest absolute Gasteiger partial charge is 0.394 e. The number of aliphatic hydroxyl groups is 2. The topological polar surface area (TPSA) is 83.8 Å². The normalized spacial score (nSPS) is 12.9. The zero-order valence-corrected chi connectivity index (χ0v) is 18.2. The van der Waals surface area contributed by atoms with Crippen molar-refractivity contribution in [1.29, 1.82) is 0 Å². The summed E-state index contributed by atoms with van der Waals surface area (Å²) in [5.41, 5.74) is 0. The van der Waals surface area contributed by atoms with E-state index in [1.807, 2.05) is 0 Å². The van der Waals surface area contributed by atoms with E-state index >= 15 is 0 Å². The maximum atomic E-state index is 11.4. The van der Waals surface area contributed by atoms with Gasteiger partial charge in [-0.15, -0.1) is 0 Å². The van der Waals surface area contributed by atoms with E-state index in [0.717, 1.165) is 12.8 Å². The minimum Gasteiger partial charge on any atom is -0.394 e. The molecule has 0 radical (unpaired) electrons. The molecule has 1 unspecified atom stereocenters. The van der Waals surface area contributed by atoms with Crippen molar-refractivity contribution in [3.05, 3.63) is 0 Å². The molecule has 128 valence electrons. The van der Waals surface area contributed by atoms with E-state index < -0.39 is 28.6 Å². The van der Waals surface area contributed by atoms with Crippen LogP contribution in [0.2, 0.25) is 0 Å². The van der Waals surface area contributed by atoms with E-state index in [1.165, 1.54) is 44.9 Å². The van der Waals surface area contributed by atoms with Gasteiger partial charge in [0, 0.05) is 0 Å². The van der Waals surface area contributed by atoms with Gasteiger partial charge in [-0.25, -0.2) is 0 Å². The van der Waals surface area contributed by atoms with E-state index in [1.54, 1.807) is 0 Å². The molecule has 0 bridgehead atoms. The van der Waals surface area contributed by atoms with E-state index in [9.17, 15) is 8.42 Å². The molecule has 0 fully saturated rings. The number of unbranched alkanes of at least 4 members (excludes halogenated alkanes) is 9. The Morgan fingerprint density at radius 2 is 1.36 bits per heavy atom. The van der Waals surface area contributed by atoms with Gasteiger partial charge in [-0.3, -0.25) is 4.18 Å². The van der Waals surface area contributed by atoms with Crippen LogP contribution in [0, 0.1) is 0 Å². The molecule has 0 saturated carbocycles. The standard InChI is InChI=1S/C15H32O5S.K/c1-2-3-4-5-6-7-8-9-10-11-12-20-21(18,19)14-15(17)13-16;/h15-17H,2-14H2,1H3;/q;+1. The first-order valence-electron chi connectivity index (χ1n) is 8.18. The van der Waals surface area contributed by atoms with Crippen molar-refractivity contribution in [3.63, 3.8) is 0 Å². The summed E-state index contributed by atoms with van der Waals surface area (Å²) in [7, 11) is -3.71. The number of aliphatic hydroxyl groups excluding tert-OH is 2. The quantitative estimate of drug-likeness (QED) is 0.235. The first kappa shape index (κ1) is 25.7. The van der Waals surface area contributed by atoms with Crippen molar-refractivity contribution in [2.75, 3.05) is 19.0 Å². The first-order chi connectivity index (χ1) is 10.0. The van der Waals surface area contributed by atoms with Crippen LogP contribution in [-0.2, 0) is 14.3 Å². The fourth-order valence-electron chi connectivity index (χ4n) is 2.11. The third kappa shape index (κ3) is 17.8. The summed E-state index contributed by atoms with van der Waals surface area (Å²) in [6, 6.07) is 0. The van der Waals surface area contributed by atoms with E-state index in [-0.39, 0.29) is 58.0 Å². The fourth-order valence-corrected chi connectivity index (χ4v) is 3.16. The Morgan fingerprint density at radius 1 is 0.909 bits per heavy atom. The Hall–Kier alpha value is 1.47. The van der Waals surface area contributed by atoms with Crippen LogP contribution >= 0.6 is 0 Å². The van der Waals surface area contributed by atoms with Gasteiger partial charge in [0.05, 0.1) is 19.3 Å². The van der Waals surface area contributed by atoms with Crippen LogP contribution in [0.4, 0.5) is 0 Å². The molecule has 0 saturated heterocycles. The molecule has 2 N–H and O–H groups in total. The maximum absolute atomic E-state index is 11.4. The van der Waals surface area contributed by atoms with Crippen molar-refractivity contribution < 1.29 is 74.2 Å². The van der Waals surface area contributed by atoms with Crippen LogP contribution in [0.15, 0.2) is 0 Å². The zero-order valence-electron chi connectivity index (χ0n) is 14.3. The first-order valence-corrected chi connectivity index (χ1v) is 9.75. The van der Waals surface area contributed by atoms with Gasteiger partial charge < -0.3 is 10.2 Å². The molecule has 1 atom stereocenters. The third-order valence-electron chi connectivity index (χ3n) is 3.37. The van der Waals surface area contributed by atoms with E-state index in [0.29, 0.717) is 6.42 Å². The second-order valence-electron chi connectivity index (χ2n) is 5.56. The monoisotopic (exact) mass is 363 g/mol. The molecule has 0 aromatic rings. The Balaban J connectivity index is 0. The summed E-state index contributed by atoms with van der Waals surface area (Å²) < 4.78 is 27.5. The zero-order chi connectivity index (χ0) is 16.0. The molecule has 0 spiro atoms. The van der Waals surface area contributed by atoms with Crippen LogP contribution in [0.1, 0.15) is 71.1 Å². The Kier molecular flexibility index (Phi) is 20.2. The number of hydrogen-bond donors (Lipinski definition) is 2. The van der Waals surface area contributed by atoms with Gasteiger partial charge in [0.15, 0.2) is 0 Å². The Labute approximate surface area is 178 Å². The molecule has 5 nitrogen and oxygen atoms in total. The van der Waals surface area contributed by atoms with Crippen molar-refractivity contribution in [1.82, 2.24) is 0 Å². The second kappa shape index (κ2) is 17.3. The van der Waals surface area contributed by atoms with Crippen LogP contribution in [0.5, 0.6) is 0 Å². The predicted octanol–water partition coefficient (Wildman–Crippen LogP) is -0.389. The Bertz CT molecular complexity index is 322. The van der Waals surface area contributed by atoms with Gasteiger partial charge in [-0.1, -0.05) is 64.7 Å². The summed E-state index contributed by atoms with van der Waals surface area (Å²) in [5, 5.41) is 17.6. The summed E-state index contributed by atoms with van der Waals surface area (Å²) in [5.74, 6) is -0.540. The number of hydrogen-bond acceptors (Lipinski definition) is 5. The van der Waals surface area contributed by atoms with E-state index in [2.05, 4.69) is 6.92 Å². The summed E-state index contributed by atoms with van der Waals surface area (Å²) >= 11 is 0. The maximum Gasteiger partial charge on any atom is 1.00 e. The fraction of sp³-hybridized carbons (Fsp3) is 1.00. The van der Waals surface area contributed by atoms with Crippen molar-refractivity contribution in [3.8, 4) is 0 Å². The van der Waals surface area contributed by atoms with Crippen molar-refractivity contribution >= 4 is 10.1 Å². The van der Waals surface area contributed by atoms with E-state index in [4.69, 9.17) is 14.4 Å². The Morgan fingerprint density at radius 3 is 1.82 bits per heavy atom. The van der Waals surface area contributed by atoms with Gasteiger partial charge in [0.1, 0.15) is 5.75 Å². The molecule has 22 heavy (non-hydrogen) atoms. The SMILES string of the molecule is CCCCCCCCCCCCOS(=O)(=O)CC(O)CO.[K+]. The van der Waals surface area contributed by atoms with Gasteiger partial charge in [-0.05, 0) is 6.42 Å². The summed E-state index contributed by atoms with van der Waals surface area (Å²) in [6.07, 6.45) is 10.5. The molecule has 0 heterocycles. The summed E-state index contributed by atoms with van der Waals surface area (Å²) in [4.78, 5) is 0.